The van der Waals surface area contributed by atoms with Crippen LogP contribution in [0.15, 0.2) is 10.7 Å². The third-order valence-corrected chi connectivity index (χ3v) is 4.04. The number of hydrogen-bond acceptors (Lipinski definition) is 6. The zero-order valence-electron chi connectivity index (χ0n) is 10.1. The number of aromatic nitrogens is 2. The van der Waals surface area contributed by atoms with E-state index in [2.05, 4.69) is 36.6 Å². The van der Waals surface area contributed by atoms with Crippen LogP contribution in [0.4, 0.5) is 11.8 Å². The molecule has 0 amide bonds. The van der Waals surface area contributed by atoms with Gasteiger partial charge in [-0.15, -0.1) is 0 Å². The maximum absolute atomic E-state index is 9.28. The summed E-state index contributed by atoms with van der Waals surface area (Å²) >= 11 is 3.40. The molecule has 0 aliphatic heterocycles. The number of aliphatic hydroxyl groups is 1. The molecule has 0 bridgehead atoms. The number of aliphatic hydroxyl groups excluding tert-OH is 1. The molecule has 1 aliphatic carbocycles. The van der Waals surface area contributed by atoms with Crippen molar-refractivity contribution >= 4 is 27.7 Å². The third kappa shape index (κ3) is 3.09. The highest BCUT2D eigenvalue weighted by Crippen LogP contribution is 2.31. The Balaban J connectivity index is 1.97. The van der Waals surface area contributed by atoms with E-state index in [-0.39, 0.29) is 6.61 Å². The van der Waals surface area contributed by atoms with Crippen molar-refractivity contribution in [3.63, 3.8) is 0 Å². The zero-order chi connectivity index (χ0) is 13.0. The lowest BCUT2D eigenvalue weighted by molar-refractivity contribution is 0.199. The highest BCUT2D eigenvalue weighted by molar-refractivity contribution is 9.10. The summed E-state index contributed by atoms with van der Waals surface area (Å²) < 4.78 is 0.806. The molecule has 7 heteroatoms. The summed E-state index contributed by atoms with van der Waals surface area (Å²) in [6.45, 7) is 1.08. The maximum atomic E-state index is 9.28. The zero-order valence-corrected chi connectivity index (χ0v) is 11.7. The van der Waals surface area contributed by atoms with Crippen LogP contribution in [0.5, 0.6) is 0 Å². The van der Waals surface area contributed by atoms with Gasteiger partial charge in [0.05, 0.1) is 4.47 Å². The Bertz CT molecular complexity index is 403. The van der Waals surface area contributed by atoms with E-state index in [4.69, 9.17) is 5.84 Å². The van der Waals surface area contributed by atoms with Gasteiger partial charge in [-0.1, -0.05) is 6.42 Å². The molecule has 0 aromatic carbocycles. The van der Waals surface area contributed by atoms with E-state index in [1.165, 1.54) is 6.42 Å². The first-order valence-corrected chi connectivity index (χ1v) is 6.87. The van der Waals surface area contributed by atoms with Gasteiger partial charge in [0.1, 0.15) is 5.82 Å². The molecule has 2 atom stereocenters. The number of rotatable bonds is 5. The summed E-state index contributed by atoms with van der Waals surface area (Å²) in [5, 5.41) is 12.6. The second-order valence-corrected chi connectivity index (χ2v) is 5.40. The summed E-state index contributed by atoms with van der Waals surface area (Å²) in [7, 11) is 0. The molecule has 1 fully saturated rings. The molecule has 18 heavy (non-hydrogen) atoms. The standard InChI is InChI=1S/C11H18BrN5O/c12-9-5-15-11(17-13)16-10(9)14-4-7-2-1-3-8(7)6-18/h5,7-8,18H,1-4,6,13H2,(H2,14,15,16,17). The van der Waals surface area contributed by atoms with Crippen molar-refractivity contribution in [2.75, 3.05) is 23.9 Å². The lowest BCUT2D eigenvalue weighted by Crippen LogP contribution is -2.21. The van der Waals surface area contributed by atoms with E-state index in [0.717, 1.165) is 29.7 Å². The number of anilines is 2. The van der Waals surface area contributed by atoms with E-state index < -0.39 is 0 Å². The second kappa shape index (κ2) is 6.31. The number of hydrogen-bond donors (Lipinski definition) is 4. The molecule has 100 valence electrons. The van der Waals surface area contributed by atoms with Gasteiger partial charge in [0, 0.05) is 19.3 Å². The first-order valence-electron chi connectivity index (χ1n) is 6.08. The predicted molar refractivity (Wildman–Crippen MR) is 73.9 cm³/mol. The van der Waals surface area contributed by atoms with Gasteiger partial charge in [-0.25, -0.2) is 10.8 Å². The van der Waals surface area contributed by atoms with Crippen LogP contribution in [0.2, 0.25) is 0 Å². The molecule has 0 saturated heterocycles. The number of nitrogen functional groups attached to an aromatic ring is 1. The summed E-state index contributed by atoms with van der Waals surface area (Å²) in [4.78, 5) is 8.23. The molecular weight excluding hydrogens is 298 g/mol. The molecule has 1 aromatic rings. The maximum Gasteiger partial charge on any atom is 0.239 e. The lowest BCUT2D eigenvalue weighted by Gasteiger charge is -2.18. The van der Waals surface area contributed by atoms with Crippen LogP contribution in [-0.4, -0.2) is 28.2 Å². The summed E-state index contributed by atoms with van der Waals surface area (Å²) in [5.41, 5.74) is 2.42. The van der Waals surface area contributed by atoms with Gasteiger partial charge in [-0.05, 0) is 40.6 Å². The molecule has 5 N–H and O–H groups in total. The molecule has 0 spiro atoms. The number of hydrazine groups is 1. The topological polar surface area (TPSA) is 96.1 Å². The number of nitrogens with zero attached hydrogens (tertiary/aromatic N) is 2. The van der Waals surface area contributed by atoms with Gasteiger partial charge in [-0.2, -0.15) is 4.98 Å². The first kappa shape index (κ1) is 13.5. The van der Waals surface area contributed by atoms with Crippen LogP contribution >= 0.6 is 15.9 Å². The van der Waals surface area contributed by atoms with E-state index in [1.807, 2.05) is 0 Å². The van der Waals surface area contributed by atoms with E-state index in [9.17, 15) is 5.11 Å². The fourth-order valence-corrected chi connectivity index (χ4v) is 2.74. The Hall–Kier alpha value is -0.920. The highest BCUT2D eigenvalue weighted by Gasteiger charge is 2.26. The molecule has 1 aromatic heterocycles. The quantitative estimate of drug-likeness (QED) is 0.484. The fourth-order valence-electron chi connectivity index (χ4n) is 2.41. The van der Waals surface area contributed by atoms with Gasteiger partial charge in [0.2, 0.25) is 5.95 Å². The number of nitrogens with two attached hydrogens (primary N) is 1. The average Bonchev–Trinajstić information content (AvgIpc) is 2.85. The largest absolute Gasteiger partial charge is 0.396 e. The van der Waals surface area contributed by atoms with Gasteiger partial charge in [0.25, 0.3) is 0 Å². The first-order chi connectivity index (χ1) is 8.74. The molecule has 6 nitrogen and oxygen atoms in total. The van der Waals surface area contributed by atoms with Crippen molar-refractivity contribution in [2.45, 2.75) is 19.3 Å². The average molecular weight is 316 g/mol. The highest BCUT2D eigenvalue weighted by atomic mass is 79.9. The van der Waals surface area contributed by atoms with Gasteiger partial charge >= 0.3 is 0 Å². The molecule has 0 radical (unpaired) electrons. The number of nitrogens with one attached hydrogen (secondary N) is 2. The van der Waals surface area contributed by atoms with Crippen LogP contribution in [0, 0.1) is 11.8 Å². The molecule has 1 heterocycles. The molecule has 1 aliphatic rings. The second-order valence-electron chi connectivity index (χ2n) is 4.55. The third-order valence-electron chi connectivity index (χ3n) is 3.46. The molecular formula is C11H18BrN5O. The SMILES string of the molecule is NNc1ncc(Br)c(NCC2CCCC2CO)n1. The van der Waals surface area contributed by atoms with Crippen molar-refractivity contribution in [1.82, 2.24) is 9.97 Å². The van der Waals surface area contributed by atoms with Crippen LogP contribution in [0.25, 0.3) is 0 Å². The monoisotopic (exact) mass is 315 g/mol. The summed E-state index contributed by atoms with van der Waals surface area (Å²) in [5.74, 6) is 7.30. The van der Waals surface area contributed by atoms with Crippen molar-refractivity contribution < 1.29 is 5.11 Å². The Morgan fingerprint density at radius 1 is 1.44 bits per heavy atom. The smallest absolute Gasteiger partial charge is 0.239 e. The van der Waals surface area contributed by atoms with Gasteiger partial charge in [-0.3, -0.25) is 5.43 Å². The van der Waals surface area contributed by atoms with E-state index >= 15 is 0 Å². The fraction of sp³-hybridized carbons (Fsp3) is 0.636. The van der Waals surface area contributed by atoms with Crippen LogP contribution in [0.1, 0.15) is 19.3 Å². The van der Waals surface area contributed by atoms with Gasteiger partial charge in [0.15, 0.2) is 0 Å². The minimum atomic E-state index is 0.271. The summed E-state index contributed by atoms with van der Waals surface area (Å²) in [6.07, 6.45) is 5.12. The minimum Gasteiger partial charge on any atom is -0.396 e. The van der Waals surface area contributed by atoms with Crippen molar-refractivity contribution in [1.29, 1.82) is 0 Å². The lowest BCUT2D eigenvalue weighted by atomic mass is 9.97. The normalized spacial score (nSPS) is 23.1. The van der Waals surface area contributed by atoms with Crippen LogP contribution in [-0.2, 0) is 0 Å². The van der Waals surface area contributed by atoms with Crippen molar-refractivity contribution in [3.8, 4) is 0 Å². The van der Waals surface area contributed by atoms with Crippen molar-refractivity contribution in [2.24, 2.45) is 17.7 Å². The Morgan fingerprint density at radius 2 is 2.22 bits per heavy atom. The molecule has 1 saturated carbocycles. The van der Waals surface area contributed by atoms with Gasteiger partial charge < -0.3 is 10.4 Å². The summed E-state index contributed by atoms with van der Waals surface area (Å²) in [6, 6.07) is 0. The van der Waals surface area contributed by atoms with E-state index in [1.54, 1.807) is 6.20 Å². The Labute approximate surface area is 114 Å². The molecule has 2 rings (SSSR count). The number of halogens is 1. The Kier molecular flexibility index (Phi) is 4.73. The molecule has 2 unspecified atom stereocenters. The Morgan fingerprint density at radius 3 is 2.94 bits per heavy atom. The van der Waals surface area contributed by atoms with E-state index in [0.29, 0.717) is 17.8 Å². The van der Waals surface area contributed by atoms with Crippen molar-refractivity contribution in [3.05, 3.63) is 10.7 Å². The minimum absolute atomic E-state index is 0.271. The van der Waals surface area contributed by atoms with Crippen LogP contribution in [0.3, 0.4) is 0 Å². The predicted octanol–water partition coefficient (Wildman–Crippen LogP) is 1.35. The van der Waals surface area contributed by atoms with Crippen LogP contribution < -0.4 is 16.6 Å².